The van der Waals surface area contributed by atoms with Crippen molar-refractivity contribution in [3.05, 3.63) is 23.1 Å². The molecule has 4 fully saturated rings. The molecule has 3 saturated heterocycles. The van der Waals surface area contributed by atoms with Gasteiger partial charge in [-0.2, -0.15) is 0 Å². The van der Waals surface area contributed by atoms with Gasteiger partial charge in [-0.15, -0.1) is 0 Å². The van der Waals surface area contributed by atoms with Gasteiger partial charge < -0.3 is 34.6 Å². The Morgan fingerprint density at radius 1 is 1.15 bits per heavy atom. The van der Waals surface area contributed by atoms with Crippen LogP contribution in [0.25, 0.3) is 0 Å². The number of aliphatic hydroxyl groups excluding tert-OH is 1. The normalized spacial score (nSPS) is 28.1. The standard InChI is InChI=1S/C30H48N6O5/c1-4-8-24(29(39)25-10-5-6-11-30(25)40-15-16-41-30)28(31)26(33-20-37)17-27(32-18-23-9-7-12-34(23)3)35-13-14-36(21-38)22(2)19-35/h17,20-23,25,31,39H,4-16,18-19H2,1-3H3,(H,33,37)/b26-17-,29-24-,31-28?,32-27+/t22-,23-,25+/m0/s1. The lowest BCUT2D eigenvalue weighted by Gasteiger charge is -2.39. The van der Waals surface area contributed by atoms with Crippen molar-refractivity contribution in [2.75, 3.05) is 53.0 Å². The van der Waals surface area contributed by atoms with Crippen LogP contribution in [0.2, 0.25) is 0 Å². The predicted molar refractivity (Wildman–Crippen MR) is 158 cm³/mol. The van der Waals surface area contributed by atoms with E-state index in [-0.39, 0.29) is 29.1 Å². The molecule has 0 aromatic rings. The van der Waals surface area contributed by atoms with E-state index in [1.54, 1.807) is 11.0 Å². The Hall–Kier alpha value is -2.76. The second kappa shape index (κ2) is 14.4. The van der Waals surface area contributed by atoms with Crippen LogP contribution in [0, 0.1) is 11.3 Å². The van der Waals surface area contributed by atoms with Gasteiger partial charge in [-0.3, -0.25) is 20.0 Å². The maximum Gasteiger partial charge on any atom is 0.211 e. The second-order valence-electron chi connectivity index (χ2n) is 11.7. The van der Waals surface area contributed by atoms with Gasteiger partial charge in [-0.05, 0) is 52.6 Å². The molecule has 3 heterocycles. The van der Waals surface area contributed by atoms with E-state index in [9.17, 15) is 20.1 Å². The molecule has 2 amide bonds. The summed E-state index contributed by atoms with van der Waals surface area (Å²) in [6, 6.07) is 0.340. The summed E-state index contributed by atoms with van der Waals surface area (Å²) < 4.78 is 12.1. The Morgan fingerprint density at radius 3 is 2.56 bits per heavy atom. The molecule has 228 valence electrons. The van der Waals surface area contributed by atoms with E-state index in [1.165, 1.54) is 0 Å². The van der Waals surface area contributed by atoms with Gasteiger partial charge in [0, 0.05) is 49.8 Å². The SMILES string of the molecule is CCC/C(C(=N)/C(=C/C(=N\C[C@@H]1CCCN1C)N1CCN(C=O)[C@@H](C)C1)NC=O)=C(/O)[C@H]1CCCCC12OCCO2. The Labute approximate surface area is 244 Å². The number of allylic oxidation sites excluding steroid dienone is 1. The lowest BCUT2D eigenvalue weighted by molar-refractivity contribution is -0.209. The van der Waals surface area contributed by atoms with Gasteiger partial charge in [-0.25, -0.2) is 0 Å². The molecule has 0 unspecified atom stereocenters. The fourth-order valence-corrected chi connectivity index (χ4v) is 6.64. The molecule has 3 N–H and O–H groups in total. The summed E-state index contributed by atoms with van der Waals surface area (Å²) in [7, 11) is 2.11. The van der Waals surface area contributed by atoms with Crippen LogP contribution in [-0.2, 0) is 19.1 Å². The third-order valence-corrected chi connectivity index (χ3v) is 9.05. The van der Waals surface area contributed by atoms with Crippen molar-refractivity contribution < 1.29 is 24.2 Å². The van der Waals surface area contributed by atoms with Crippen molar-refractivity contribution in [3.63, 3.8) is 0 Å². The number of likely N-dealkylation sites (N-methyl/N-ethyl adjacent to an activating group) is 1. The Morgan fingerprint density at radius 2 is 1.93 bits per heavy atom. The number of aliphatic imine (C=N–C) groups is 1. The van der Waals surface area contributed by atoms with Crippen molar-refractivity contribution in [1.82, 2.24) is 20.0 Å². The number of ether oxygens (including phenoxy) is 2. The number of piperazine rings is 1. The van der Waals surface area contributed by atoms with Crippen LogP contribution in [0.3, 0.4) is 0 Å². The molecule has 1 aliphatic carbocycles. The first-order chi connectivity index (χ1) is 19.8. The average molecular weight is 573 g/mol. The summed E-state index contributed by atoms with van der Waals surface area (Å²) >= 11 is 0. The molecule has 4 rings (SSSR count). The third kappa shape index (κ3) is 7.18. The molecule has 3 aliphatic heterocycles. The highest BCUT2D eigenvalue weighted by Gasteiger charge is 2.48. The van der Waals surface area contributed by atoms with E-state index >= 15 is 0 Å². The summed E-state index contributed by atoms with van der Waals surface area (Å²) in [6.07, 6.45) is 9.97. The van der Waals surface area contributed by atoms with Crippen LogP contribution < -0.4 is 5.32 Å². The largest absolute Gasteiger partial charge is 0.511 e. The van der Waals surface area contributed by atoms with Crippen LogP contribution >= 0.6 is 0 Å². The minimum atomic E-state index is -0.849. The number of amidine groups is 1. The van der Waals surface area contributed by atoms with Crippen LogP contribution in [0.5, 0.6) is 0 Å². The number of carbonyl (C=O) groups is 2. The highest BCUT2D eigenvalue weighted by Crippen LogP contribution is 2.44. The first-order valence-electron chi connectivity index (χ1n) is 15.2. The van der Waals surface area contributed by atoms with Crippen LogP contribution in [0.1, 0.15) is 65.2 Å². The van der Waals surface area contributed by atoms with Gasteiger partial charge in [-0.1, -0.05) is 19.8 Å². The molecule has 41 heavy (non-hydrogen) atoms. The number of nitrogens with zero attached hydrogens (tertiary/aromatic N) is 4. The van der Waals surface area contributed by atoms with Crippen molar-refractivity contribution in [2.24, 2.45) is 10.9 Å². The second-order valence-corrected chi connectivity index (χ2v) is 11.7. The van der Waals surface area contributed by atoms with Crippen LogP contribution in [-0.4, -0.2) is 115 Å². The minimum Gasteiger partial charge on any atom is -0.511 e. The summed E-state index contributed by atoms with van der Waals surface area (Å²) in [4.78, 5) is 34.5. The van der Waals surface area contributed by atoms with E-state index in [0.29, 0.717) is 82.5 Å². The van der Waals surface area contributed by atoms with Crippen molar-refractivity contribution in [3.8, 4) is 0 Å². The number of hydrogen-bond acceptors (Lipinski definition) is 8. The summed E-state index contributed by atoms with van der Waals surface area (Å²) in [5.41, 5.74) is 0.852. The van der Waals surface area contributed by atoms with Crippen LogP contribution in [0.4, 0.5) is 0 Å². The molecule has 1 saturated carbocycles. The summed E-state index contributed by atoms with van der Waals surface area (Å²) in [5.74, 6) is -0.417. The predicted octanol–water partition coefficient (Wildman–Crippen LogP) is 2.84. The number of aliphatic hydroxyl groups is 1. The molecule has 0 radical (unpaired) electrons. The van der Waals surface area contributed by atoms with E-state index in [2.05, 4.69) is 22.2 Å². The van der Waals surface area contributed by atoms with E-state index in [4.69, 9.17) is 14.5 Å². The highest BCUT2D eigenvalue weighted by atomic mass is 16.7. The van der Waals surface area contributed by atoms with Gasteiger partial charge in [0.2, 0.25) is 12.8 Å². The number of carbonyl (C=O) groups excluding carboxylic acids is 2. The number of amides is 2. The highest BCUT2D eigenvalue weighted by molar-refractivity contribution is 6.14. The average Bonchev–Trinajstić information content (AvgIpc) is 3.61. The summed E-state index contributed by atoms with van der Waals surface area (Å²) in [6.45, 7) is 8.42. The van der Waals surface area contributed by atoms with Crippen molar-refractivity contribution in [2.45, 2.75) is 83.1 Å². The number of hydrogen-bond donors (Lipinski definition) is 3. The lowest BCUT2D eigenvalue weighted by atomic mass is 9.79. The topological polar surface area (TPSA) is 131 Å². The minimum absolute atomic E-state index is 0.00410. The van der Waals surface area contributed by atoms with Gasteiger partial charge in [0.15, 0.2) is 5.79 Å². The first kappa shape index (κ1) is 31.2. The van der Waals surface area contributed by atoms with Gasteiger partial charge in [0.25, 0.3) is 0 Å². The van der Waals surface area contributed by atoms with Crippen molar-refractivity contribution in [1.29, 1.82) is 5.41 Å². The number of likely N-dealkylation sites (tertiary alicyclic amines) is 1. The molecule has 3 atom stereocenters. The fraction of sp³-hybridized carbons (Fsp3) is 0.733. The number of rotatable bonds is 11. The zero-order valence-corrected chi connectivity index (χ0v) is 24.9. The maximum absolute atomic E-state index is 11.8. The molecule has 1 spiro atoms. The zero-order valence-electron chi connectivity index (χ0n) is 24.9. The first-order valence-corrected chi connectivity index (χ1v) is 15.2. The van der Waals surface area contributed by atoms with Crippen LogP contribution in [0.15, 0.2) is 28.1 Å². The molecule has 11 nitrogen and oxygen atoms in total. The monoisotopic (exact) mass is 572 g/mol. The molecule has 0 bridgehead atoms. The lowest BCUT2D eigenvalue weighted by Crippen LogP contribution is -2.53. The third-order valence-electron chi connectivity index (χ3n) is 9.05. The smallest absolute Gasteiger partial charge is 0.211 e. The maximum atomic E-state index is 11.8. The van der Waals surface area contributed by atoms with Gasteiger partial charge in [0.1, 0.15) is 11.6 Å². The molecular formula is C30H48N6O5. The fourth-order valence-electron chi connectivity index (χ4n) is 6.64. The quantitative estimate of drug-likeness (QED) is 0.150. The molecule has 11 heteroatoms. The van der Waals surface area contributed by atoms with Crippen molar-refractivity contribution >= 4 is 24.4 Å². The van der Waals surface area contributed by atoms with E-state index in [1.807, 2.05) is 13.8 Å². The molecule has 0 aromatic carbocycles. The Balaban J connectivity index is 1.69. The van der Waals surface area contributed by atoms with Gasteiger partial charge >= 0.3 is 0 Å². The van der Waals surface area contributed by atoms with E-state index < -0.39 is 5.79 Å². The summed E-state index contributed by atoms with van der Waals surface area (Å²) in [5, 5.41) is 23.7. The van der Waals surface area contributed by atoms with Gasteiger partial charge in [0.05, 0.1) is 37.1 Å². The molecule has 4 aliphatic rings. The Kier molecular flexibility index (Phi) is 11.0. The molecular weight excluding hydrogens is 524 g/mol. The molecule has 0 aromatic heterocycles. The zero-order chi connectivity index (χ0) is 29.4. The Bertz CT molecular complexity index is 1040. The number of nitrogens with one attached hydrogen (secondary N) is 2. The van der Waals surface area contributed by atoms with E-state index in [0.717, 1.165) is 45.1 Å².